The van der Waals surface area contributed by atoms with Gasteiger partial charge >= 0.3 is 0 Å². The van der Waals surface area contributed by atoms with E-state index in [-0.39, 0.29) is 5.75 Å². The lowest BCUT2D eigenvalue weighted by Gasteiger charge is -2.09. The molecule has 0 unspecified atom stereocenters. The first-order chi connectivity index (χ1) is 5.70. The highest BCUT2D eigenvalue weighted by molar-refractivity contribution is 9.11. The minimum atomic E-state index is 0.0979. The Bertz CT molecular complexity index is 343. The smallest absolute Gasteiger partial charge is 0.249 e. The first kappa shape index (κ1) is 8.84. The summed E-state index contributed by atoms with van der Waals surface area (Å²) < 4.78 is 3.60. The molecule has 2 rings (SSSR count). The van der Waals surface area contributed by atoms with Crippen molar-refractivity contribution in [2.24, 2.45) is 0 Å². The monoisotopic (exact) mass is 309 g/mol. The number of aromatic nitrogens is 1. The van der Waals surface area contributed by atoms with Crippen molar-refractivity contribution in [1.82, 2.24) is 0 Å². The first-order valence-electron chi connectivity index (χ1n) is 3.42. The van der Waals surface area contributed by atoms with Gasteiger partial charge in [0.05, 0.1) is 5.75 Å². The molecule has 2 nitrogen and oxygen atoms in total. The van der Waals surface area contributed by atoms with E-state index >= 15 is 0 Å². The summed E-state index contributed by atoms with van der Waals surface area (Å²) in [4.78, 5) is 0. The van der Waals surface area contributed by atoms with Gasteiger partial charge in [0.25, 0.3) is 0 Å². The predicted octanol–water partition coefficient (Wildman–Crippen LogP) is 1.68. The van der Waals surface area contributed by atoms with E-state index in [9.17, 15) is 5.11 Å². The highest BCUT2D eigenvalue weighted by atomic mass is 79.9. The molecule has 1 aliphatic heterocycles. The maximum Gasteiger partial charge on any atom is 0.249 e. The minimum Gasteiger partial charge on any atom is -0.867 e. The molecule has 0 saturated heterocycles. The topological polar surface area (TPSA) is 26.9 Å². The van der Waals surface area contributed by atoms with Gasteiger partial charge in [0.15, 0.2) is 6.54 Å². The maximum absolute atomic E-state index is 11.5. The summed E-state index contributed by atoms with van der Waals surface area (Å²) in [6.07, 6.45) is 0. The molecule has 0 aromatic carbocycles. The molecule has 0 amide bonds. The van der Waals surface area contributed by atoms with E-state index in [0.29, 0.717) is 4.47 Å². The Kier molecular flexibility index (Phi) is 2.35. The number of rotatable bonds is 0. The third kappa shape index (κ3) is 1.28. The van der Waals surface area contributed by atoms with E-state index in [2.05, 4.69) is 31.9 Å². The first-order valence-corrected chi connectivity index (χ1v) is 5.99. The Labute approximate surface area is 91.2 Å². The molecule has 0 atom stereocenters. The molecule has 0 bridgehead atoms. The Morgan fingerprint density at radius 3 is 3.00 bits per heavy atom. The summed E-state index contributed by atoms with van der Waals surface area (Å²) in [5, 5.41) is 12.3. The van der Waals surface area contributed by atoms with Crippen LogP contribution in [0.2, 0.25) is 0 Å². The molecule has 1 aromatic heterocycles. The van der Waals surface area contributed by atoms with Crippen molar-refractivity contribution in [2.45, 2.75) is 11.6 Å². The number of thioether (sulfide) groups is 1. The molecule has 0 N–H and O–H groups in total. The van der Waals surface area contributed by atoms with Gasteiger partial charge in [-0.1, -0.05) is 27.7 Å². The van der Waals surface area contributed by atoms with Gasteiger partial charge in [0, 0.05) is 26.5 Å². The van der Waals surface area contributed by atoms with Gasteiger partial charge in [-0.15, -0.1) is 0 Å². The summed E-state index contributed by atoms with van der Waals surface area (Å²) in [6, 6.07) is 1.80. The molecule has 12 heavy (non-hydrogen) atoms. The fraction of sp³-hybridized carbons (Fsp3) is 0.286. The molecule has 2 heterocycles. The van der Waals surface area contributed by atoms with Crippen LogP contribution in [0, 0.1) is 0 Å². The van der Waals surface area contributed by atoms with Crippen molar-refractivity contribution in [3.8, 4) is 5.75 Å². The summed E-state index contributed by atoms with van der Waals surface area (Å²) in [5.41, 5.74) is 0. The quantitative estimate of drug-likeness (QED) is 0.538. The van der Waals surface area contributed by atoms with E-state index < -0.39 is 0 Å². The Morgan fingerprint density at radius 2 is 2.25 bits per heavy atom. The number of hydrogen-bond acceptors (Lipinski definition) is 2. The van der Waals surface area contributed by atoms with Crippen molar-refractivity contribution < 1.29 is 9.67 Å². The second-order valence-electron chi connectivity index (χ2n) is 2.45. The van der Waals surface area contributed by atoms with Crippen LogP contribution in [0.4, 0.5) is 0 Å². The van der Waals surface area contributed by atoms with Crippen molar-refractivity contribution >= 4 is 43.6 Å². The average Bonchev–Trinajstić information content (AvgIpc) is 2.48. The van der Waals surface area contributed by atoms with Gasteiger partial charge in [0.2, 0.25) is 9.63 Å². The van der Waals surface area contributed by atoms with Gasteiger partial charge in [-0.05, 0) is 5.75 Å². The van der Waals surface area contributed by atoms with Crippen LogP contribution in [0.15, 0.2) is 20.2 Å². The highest BCUT2D eigenvalue weighted by Gasteiger charge is 2.24. The Morgan fingerprint density at radius 1 is 1.50 bits per heavy atom. The van der Waals surface area contributed by atoms with Crippen molar-refractivity contribution in [1.29, 1.82) is 0 Å². The van der Waals surface area contributed by atoms with E-state index in [0.717, 1.165) is 21.9 Å². The molecule has 0 saturated carbocycles. The SMILES string of the molecule is [O-]c1c(Br)cc(Br)[n+]2c1SCC2. The van der Waals surface area contributed by atoms with Crippen LogP contribution in [0.5, 0.6) is 5.75 Å². The lowest BCUT2D eigenvalue weighted by Crippen LogP contribution is -2.35. The van der Waals surface area contributed by atoms with Crippen LogP contribution in [0.25, 0.3) is 0 Å². The van der Waals surface area contributed by atoms with Crippen molar-refractivity contribution in [2.75, 3.05) is 5.75 Å². The van der Waals surface area contributed by atoms with Crippen molar-refractivity contribution in [3.05, 3.63) is 15.1 Å². The Balaban J connectivity index is 2.69. The molecule has 0 spiro atoms. The number of hydrogen-bond donors (Lipinski definition) is 0. The zero-order valence-electron chi connectivity index (χ0n) is 6.01. The number of nitrogens with zero attached hydrogens (tertiary/aromatic N) is 1. The number of fused-ring (bicyclic) bond motifs is 1. The molecule has 0 radical (unpaired) electrons. The van der Waals surface area contributed by atoms with Crippen LogP contribution >= 0.6 is 43.6 Å². The summed E-state index contributed by atoms with van der Waals surface area (Å²) in [6.45, 7) is 0.920. The van der Waals surface area contributed by atoms with Crippen LogP contribution in [-0.4, -0.2) is 5.75 Å². The van der Waals surface area contributed by atoms with Gasteiger partial charge in [-0.25, -0.2) is 0 Å². The molecule has 64 valence electrons. The van der Waals surface area contributed by atoms with E-state index in [1.807, 2.05) is 4.57 Å². The van der Waals surface area contributed by atoms with E-state index in [4.69, 9.17) is 0 Å². The fourth-order valence-electron chi connectivity index (χ4n) is 1.16. The minimum absolute atomic E-state index is 0.0979. The zero-order valence-corrected chi connectivity index (χ0v) is 10.00. The predicted molar refractivity (Wildman–Crippen MR) is 52.2 cm³/mol. The van der Waals surface area contributed by atoms with Gasteiger partial charge in [-0.2, -0.15) is 4.57 Å². The zero-order chi connectivity index (χ0) is 8.72. The molecule has 0 aliphatic carbocycles. The molecular formula is C7H5Br2NOS. The number of halogens is 2. The van der Waals surface area contributed by atoms with Crippen LogP contribution in [0.3, 0.4) is 0 Å². The van der Waals surface area contributed by atoms with Crippen LogP contribution in [0.1, 0.15) is 0 Å². The lowest BCUT2D eigenvalue weighted by molar-refractivity contribution is -0.736. The van der Waals surface area contributed by atoms with E-state index in [1.54, 1.807) is 17.8 Å². The average molecular weight is 311 g/mol. The van der Waals surface area contributed by atoms with Crippen molar-refractivity contribution in [3.63, 3.8) is 0 Å². The third-order valence-electron chi connectivity index (χ3n) is 1.71. The molecule has 1 aromatic rings. The fourth-order valence-corrected chi connectivity index (χ4v) is 3.75. The summed E-state index contributed by atoms with van der Waals surface area (Å²) in [7, 11) is 0. The van der Waals surface area contributed by atoms with Gasteiger partial charge in [-0.3, -0.25) is 0 Å². The molecule has 1 aliphatic rings. The van der Waals surface area contributed by atoms with Gasteiger partial charge < -0.3 is 5.11 Å². The second-order valence-corrected chi connectivity index (χ2v) is 5.20. The molecular weight excluding hydrogens is 306 g/mol. The standard InChI is InChI=1S/C7H5Br2NOS/c8-4-3-5(9)10-1-2-12-7(10)6(4)11/h3H,1-2H2. The molecule has 0 fully saturated rings. The van der Waals surface area contributed by atoms with E-state index in [1.165, 1.54) is 0 Å². The summed E-state index contributed by atoms with van der Waals surface area (Å²) in [5.74, 6) is 1.09. The summed E-state index contributed by atoms with van der Waals surface area (Å²) >= 11 is 8.26. The Hall–Kier alpha value is 0.260. The third-order valence-corrected chi connectivity index (χ3v) is 4.03. The molecule has 5 heteroatoms. The highest BCUT2D eigenvalue weighted by Crippen LogP contribution is 2.34. The largest absolute Gasteiger partial charge is 0.867 e. The van der Waals surface area contributed by atoms with Crippen LogP contribution in [-0.2, 0) is 6.54 Å². The number of pyridine rings is 1. The normalized spacial score (nSPS) is 14.8. The lowest BCUT2D eigenvalue weighted by atomic mass is 10.4. The maximum atomic E-state index is 11.5. The van der Waals surface area contributed by atoms with Gasteiger partial charge in [0.1, 0.15) is 0 Å². The van der Waals surface area contributed by atoms with Crippen LogP contribution < -0.4 is 9.67 Å². The second kappa shape index (κ2) is 3.20.